The van der Waals surface area contributed by atoms with Crippen LogP contribution in [-0.4, -0.2) is 29.0 Å². The molecular formula is C27H32F3N3O3. The van der Waals surface area contributed by atoms with Crippen LogP contribution in [0.1, 0.15) is 62.0 Å². The topological polar surface area (TPSA) is 65.4 Å². The number of rotatable bonds is 6. The number of nitrogens with zero attached hydrogens (tertiary/aromatic N) is 2. The van der Waals surface area contributed by atoms with Gasteiger partial charge >= 0.3 is 12.3 Å². The molecule has 1 aliphatic rings. The first-order valence-electron chi connectivity index (χ1n) is 12.2. The zero-order chi connectivity index (χ0) is 26.2. The maximum absolute atomic E-state index is 12.6. The highest BCUT2D eigenvalue weighted by atomic mass is 19.4. The van der Waals surface area contributed by atoms with Crippen LogP contribution in [0.25, 0.3) is 11.0 Å². The van der Waals surface area contributed by atoms with Gasteiger partial charge in [-0.05, 0) is 79.5 Å². The summed E-state index contributed by atoms with van der Waals surface area (Å²) >= 11 is 0. The molecule has 1 fully saturated rings. The van der Waals surface area contributed by atoms with Crippen LogP contribution in [-0.2, 0) is 4.74 Å². The number of aryl methyl sites for hydroxylation is 1. The van der Waals surface area contributed by atoms with Crippen molar-refractivity contribution >= 4 is 28.6 Å². The minimum Gasteiger partial charge on any atom is -0.465 e. The number of esters is 1. The van der Waals surface area contributed by atoms with E-state index in [-0.39, 0.29) is 11.8 Å². The van der Waals surface area contributed by atoms with Gasteiger partial charge in [0.05, 0.1) is 23.7 Å². The lowest BCUT2D eigenvalue weighted by Crippen LogP contribution is -2.30. The largest absolute Gasteiger partial charge is 0.573 e. The second-order valence-corrected chi connectivity index (χ2v) is 10.0. The van der Waals surface area contributed by atoms with Crippen molar-refractivity contribution in [1.82, 2.24) is 9.55 Å². The Bertz CT molecular complexity index is 1240. The van der Waals surface area contributed by atoms with Gasteiger partial charge in [0.1, 0.15) is 5.75 Å². The molecule has 1 aliphatic carbocycles. The van der Waals surface area contributed by atoms with Crippen molar-refractivity contribution in [1.29, 1.82) is 0 Å². The van der Waals surface area contributed by atoms with Crippen LogP contribution < -0.4 is 10.1 Å². The summed E-state index contributed by atoms with van der Waals surface area (Å²) in [6.45, 7) is 8.61. The highest BCUT2D eigenvalue weighted by molar-refractivity contribution is 5.96. The Morgan fingerprint density at radius 3 is 2.47 bits per heavy atom. The van der Waals surface area contributed by atoms with E-state index in [1.165, 1.54) is 37.8 Å². The van der Waals surface area contributed by atoms with Crippen molar-refractivity contribution in [2.75, 3.05) is 12.4 Å². The molecule has 1 heterocycles. The van der Waals surface area contributed by atoms with Gasteiger partial charge in [0.2, 0.25) is 5.95 Å². The lowest BCUT2D eigenvalue weighted by Gasteiger charge is -2.39. The van der Waals surface area contributed by atoms with Crippen LogP contribution in [0.4, 0.5) is 24.8 Å². The number of hydrogen-bond donors (Lipinski definition) is 1. The first-order chi connectivity index (χ1) is 17.0. The predicted molar refractivity (Wildman–Crippen MR) is 133 cm³/mol. The summed E-state index contributed by atoms with van der Waals surface area (Å²) in [5, 5.41) is 3.30. The maximum Gasteiger partial charge on any atom is 0.573 e. The van der Waals surface area contributed by atoms with Gasteiger partial charge in [0.25, 0.3) is 0 Å². The third-order valence-corrected chi connectivity index (χ3v) is 7.10. The maximum atomic E-state index is 12.6. The van der Waals surface area contributed by atoms with E-state index in [0.717, 1.165) is 23.9 Å². The van der Waals surface area contributed by atoms with Crippen molar-refractivity contribution in [3.05, 3.63) is 47.5 Å². The molecule has 0 amide bonds. The second kappa shape index (κ2) is 10.0. The van der Waals surface area contributed by atoms with Gasteiger partial charge in [-0.3, -0.25) is 0 Å². The molecule has 9 heteroatoms. The molecule has 36 heavy (non-hydrogen) atoms. The minimum atomic E-state index is -4.75. The SMILES string of the molecule is COC(=O)c1cc2nc(Nc3ccc(OC(F)(F)F)cc3)n([C@@H]3C[C@H](C)CC[C@H]3C(C)C)c2cc1C. The predicted octanol–water partition coefficient (Wildman–Crippen LogP) is 7.41. The molecule has 4 rings (SSSR count). The fourth-order valence-corrected chi connectivity index (χ4v) is 5.32. The van der Waals surface area contributed by atoms with Crippen LogP contribution in [0.15, 0.2) is 36.4 Å². The number of carbonyl (C=O) groups excluding carboxylic acids is 1. The van der Waals surface area contributed by atoms with Gasteiger partial charge < -0.3 is 19.4 Å². The Balaban J connectivity index is 1.81. The van der Waals surface area contributed by atoms with E-state index in [9.17, 15) is 18.0 Å². The first-order valence-corrected chi connectivity index (χ1v) is 12.2. The first kappa shape index (κ1) is 25.9. The molecule has 1 aromatic heterocycles. The van der Waals surface area contributed by atoms with Crippen LogP contribution in [0.3, 0.4) is 0 Å². The number of methoxy groups -OCH3 is 1. The van der Waals surface area contributed by atoms with Crippen molar-refractivity contribution < 1.29 is 27.4 Å². The van der Waals surface area contributed by atoms with Crippen molar-refractivity contribution in [2.24, 2.45) is 17.8 Å². The fourth-order valence-electron chi connectivity index (χ4n) is 5.32. The molecule has 3 atom stereocenters. The number of halogens is 3. The average molecular weight is 504 g/mol. The zero-order valence-corrected chi connectivity index (χ0v) is 21.1. The number of nitrogens with one attached hydrogen (secondary N) is 1. The zero-order valence-electron chi connectivity index (χ0n) is 21.1. The summed E-state index contributed by atoms with van der Waals surface area (Å²) in [7, 11) is 1.35. The average Bonchev–Trinajstić information content (AvgIpc) is 3.14. The number of ether oxygens (including phenoxy) is 2. The summed E-state index contributed by atoms with van der Waals surface area (Å²) < 4.78 is 48.8. The number of aromatic nitrogens is 2. The van der Waals surface area contributed by atoms with Gasteiger partial charge in [0, 0.05) is 11.7 Å². The molecule has 3 aromatic rings. The van der Waals surface area contributed by atoms with E-state index in [0.29, 0.717) is 40.5 Å². The number of benzene rings is 2. The lowest BCUT2D eigenvalue weighted by molar-refractivity contribution is -0.274. The summed E-state index contributed by atoms with van der Waals surface area (Å²) in [6, 6.07) is 9.48. The van der Waals surface area contributed by atoms with Gasteiger partial charge in [-0.15, -0.1) is 13.2 Å². The molecule has 6 nitrogen and oxygen atoms in total. The number of hydrogen-bond acceptors (Lipinski definition) is 5. The van der Waals surface area contributed by atoms with Crippen LogP contribution in [0.2, 0.25) is 0 Å². The molecule has 0 radical (unpaired) electrons. The minimum absolute atomic E-state index is 0.178. The molecule has 0 aliphatic heterocycles. The number of anilines is 2. The standard InChI is InChI=1S/C27H32F3N3O3/c1-15(2)20-11-6-16(3)12-23(20)33-24-13-17(4)21(25(34)35-5)14-22(24)32-26(33)31-18-7-9-19(10-8-18)36-27(28,29)30/h7-10,13-16,20,23H,6,11-12H2,1-5H3,(H,31,32)/t16-,20+,23-/m1/s1. The summed E-state index contributed by atoms with van der Waals surface area (Å²) in [4.78, 5) is 17.1. The number of alkyl halides is 3. The van der Waals surface area contributed by atoms with Gasteiger partial charge in [0.15, 0.2) is 0 Å². The Labute approximate surface area is 208 Å². The Hall–Kier alpha value is -3.23. The molecule has 0 bridgehead atoms. The molecule has 0 unspecified atom stereocenters. The van der Waals surface area contributed by atoms with Crippen molar-refractivity contribution in [3.8, 4) is 5.75 Å². The van der Waals surface area contributed by atoms with E-state index in [1.54, 1.807) is 6.07 Å². The second-order valence-electron chi connectivity index (χ2n) is 10.0. The molecule has 2 aromatic carbocycles. The quantitative estimate of drug-likeness (QED) is 0.355. The van der Waals surface area contributed by atoms with E-state index in [4.69, 9.17) is 9.72 Å². The number of carbonyl (C=O) groups is 1. The molecular weight excluding hydrogens is 471 g/mol. The van der Waals surface area contributed by atoms with Gasteiger partial charge in [-0.1, -0.05) is 27.2 Å². The monoisotopic (exact) mass is 503 g/mol. The normalized spacial score (nSPS) is 20.5. The summed E-state index contributed by atoms with van der Waals surface area (Å²) in [5.74, 6) is 1.31. The Morgan fingerprint density at radius 2 is 1.86 bits per heavy atom. The van der Waals surface area contributed by atoms with E-state index >= 15 is 0 Å². The smallest absolute Gasteiger partial charge is 0.465 e. The Morgan fingerprint density at radius 1 is 1.17 bits per heavy atom. The molecule has 194 valence electrons. The third kappa shape index (κ3) is 5.44. The molecule has 1 N–H and O–H groups in total. The number of fused-ring (bicyclic) bond motifs is 1. The van der Waals surface area contributed by atoms with Gasteiger partial charge in [-0.2, -0.15) is 0 Å². The highest BCUT2D eigenvalue weighted by Crippen LogP contribution is 2.44. The van der Waals surface area contributed by atoms with E-state index in [2.05, 4.69) is 35.4 Å². The summed E-state index contributed by atoms with van der Waals surface area (Å²) in [5.41, 5.74) is 3.38. The van der Waals surface area contributed by atoms with Crippen molar-refractivity contribution in [2.45, 2.75) is 59.4 Å². The highest BCUT2D eigenvalue weighted by Gasteiger charge is 2.35. The fraction of sp³-hybridized carbons (Fsp3) is 0.481. The molecule has 0 spiro atoms. The van der Waals surface area contributed by atoms with Gasteiger partial charge in [-0.25, -0.2) is 9.78 Å². The number of imidazole rings is 1. The lowest BCUT2D eigenvalue weighted by atomic mass is 9.74. The third-order valence-electron chi connectivity index (χ3n) is 7.10. The van der Waals surface area contributed by atoms with Crippen LogP contribution >= 0.6 is 0 Å². The van der Waals surface area contributed by atoms with Crippen LogP contribution in [0, 0.1) is 24.7 Å². The van der Waals surface area contributed by atoms with Crippen molar-refractivity contribution in [3.63, 3.8) is 0 Å². The molecule has 1 saturated carbocycles. The van der Waals surface area contributed by atoms with E-state index < -0.39 is 12.3 Å². The van der Waals surface area contributed by atoms with E-state index in [1.807, 2.05) is 13.0 Å². The van der Waals surface area contributed by atoms with Crippen LogP contribution in [0.5, 0.6) is 5.75 Å². The summed E-state index contributed by atoms with van der Waals surface area (Å²) in [6.07, 6.45) is -1.49. The molecule has 0 saturated heterocycles. The Kier molecular flexibility index (Phi) is 7.20.